The number of piperidine rings is 1. The maximum absolute atomic E-state index is 12.5. The molecule has 8 nitrogen and oxygen atoms in total. The van der Waals surface area contributed by atoms with Crippen molar-refractivity contribution >= 4 is 17.6 Å². The summed E-state index contributed by atoms with van der Waals surface area (Å²) in [6.45, 7) is 5.44. The van der Waals surface area contributed by atoms with Crippen LogP contribution >= 0.6 is 0 Å². The van der Waals surface area contributed by atoms with Crippen LogP contribution in [0.2, 0.25) is 0 Å². The second-order valence-corrected chi connectivity index (χ2v) is 8.95. The number of carboxylic acids is 2. The lowest BCUT2D eigenvalue weighted by Crippen LogP contribution is -2.36. The minimum Gasteiger partial charge on any atom is -0.495 e. The molecule has 1 atom stereocenters. The SMILES string of the molecule is COc1cc2c(cc1N1CCC(C(=O)O)CC1)CC(C(C)C)n1cc(C(=O)O)c(=O)cc1-2. The zero-order valence-corrected chi connectivity index (χ0v) is 18.5. The van der Waals surface area contributed by atoms with Crippen LogP contribution < -0.4 is 15.1 Å². The van der Waals surface area contributed by atoms with E-state index in [1.165, 1.54) is 12.3 Å². The zero-order chi connectivity index (χ0) is 23.2. The van der Waals surface area contributed by atoms with E-state index in [9.17, 15) is 24.6 Å². The first-order valence-electron chi connectivity index (χ1n) is 10.9. The van der Waals surface area contributed by atoms with Gasteiger partial charge in [-0.2, -0.15) is 0 Å². The number of aliphatic carboxylic acids is 1. The maximum Gasteiger partial charge on any atom is 0.341 e. The van der Waals surface area contributed by atoms with E-state index in [1.54, 1.807) is 7.11 Å². The highest BCUT2D eigenvalue weighted by atomic mass is 16.5. The molecule has 2 aromatic rings. The first-order chi connectivity index (χ1) is 15.2. The van der Waals surface area contributed by atoms with Gasteiger partial charge in [-0.1, -0.05) is 13.8 Å². The number of benzene rings is 1. The molecule has 0 radical (unpaired) electrons. The molecule has 170 valence electrons. The standard InChI is InChI=1S/C24H28N2O6/c1-13(2)18-8-15-9-20(25-6-4-14(5-7-25)23(28)29)22(32-3)10-16(15)19-11-21(27)17(24(30)31)12-26(18)19/h9-14,18H,4-8H2,1-3H3,(H,28,29)(H,30,31). The lowest BCUT2D eigenvalue weighted by atomic mass is 9.86. The van der Waals surface area contributed by atoms with Crippen molar-refractivity contribution in [1.82, 2.24) is 4.57 Å². The molecule has 1 saturated heterocycles. The molecule has 32 heavy (non-hydrogen) atoms. The third-order valence-electron chi connectivity index (χ3n) is 6.73. The summed E-state index contributed by atoms with van der Waals surface area (Å²) in [7, 11) is 1.59. The Hall–Kier alpha value is -3.29. The fraction of sp³-hybridized carbons (Fsp3) is 0.458. The predicted octanol–water partition coefficient (Wildman–Crippen LogP) is 3.28. The molecular weight excluding hydrogens is 412 g/mol. The Morgan fingerprint density at radius 3 is 2.38 bits per heavy atom. The van der Waals surface area contributed by atoms with Crippen molar-refractivity contribution in [2.75, 3.05) is 25.1 Å². The van der Waals surface area contributed by atoms with Crippen LogP contribution in [0.5, 0.6) is 5.75 Å². The van der Waals surface area contributed by atoms with Crippen LogP contribution in [-0.2, 0) is 11.2 Å². The van der Waals surface area contributed by atoms with E-state index in [4.69, 9.17) is 4.74 Å². The van der Waals surface area contributed by atoms with Crippen molar-refractivity contribution in [1.29, 1.82) is 0 Å². The minimum absolute atomic E-state index is 0.00944. The molecule has 0 bridgehead atoms. The molecule has 0 spiro atoms. The number of ether oxygens (including phenoxy) is 1. The molecule has 2 aliphatic heterocycles. The summed E-state index contributed by atoms with van der Waals surface area (Å²) >= 11 is 0. The Morgan fingerprint density at radius 2 is 1.81 bits per heavy atom. The highest BCUT2D eigenvalue weighted by molar-refractivity contribution is 5.88. The summed E-state index contributed by atoms with van der Waals surface area (Å²) in [6, 6.07) is 5.42. The number of carbonyl (C=O) groups is 2. The second-order valence-electron chi connectivity index (χ2n) is 8.95. The highest BCUT2D eigenvalue weighted by Crippen LogP contribution is 2.43. The van der Waals surface area contributed by atoms with Crippen LogP contribution in [0.25, 0.3) is 11.3 Å². The van der Waals surface area contributed by atoms with Gasteiger partial charge in [-0.05, 0) is 42.9 Å². The van der Waals surface area contributed by atoms with Gasteiger partial charge in [-0.15, -0.1) is 0 Å². The number of pyridine rings is 1. The van der Waals surface area contributed by atoms with Gasteiger partial charge in [0.05, 0.1) is 24.4 Å². The van der Waals surface area contributed by atoms with E-state index >= 15 is 0 Å². The molecule has 0 amide bonds. The number of fused-ring (bicyclic) bond motifs is 3. The van der Waals surface area contributed by atoms with Gasteiger partial charge in [0.2, 0.25) is 0 Å². The van der Waals surface area contributed by atoms with E-state index in [-0.39, 0.29) is 23.4 Å². The smallest absolute Gasteiger partial charge is 0.341 e. The van der Waals surface area contributed by atoms with Gasteiger partial charge in [0, 0.05) is 37.0 Å². The van der Waals surface area contributed by atoms with Crippen molar-refractivity contribution in [3.8, 4) is 17.0 Å². The number of aromatic carboxylic acids is 1. The second kappa shape index (κ2) is 8.33. The van der Waals surface area contributed by atoms with Gasteiger partial charge in [0.25, 0.3) is 0 Å². The van der Waals surface area contributed by atoms with Gasteiger partial charge in [0.15, 0.2) is 5.43 Å². The fourth-order valence-corrected chi connectivity index (χ4v) is 4.88. The average molecular weight is 440 g/mol. The van der Waals surface area contributed by atoms with Crippen molar-refractivity contribution in [2.45, 2.75) is 39.2 Å². The quantitative estimate of drug-likeness (QED) is 0.734. The van der Waals surface area contributed by atoms with Crippen LogP contribution in [0.15, 0.2) is 29.2 Å². The Kier molecular flexibility index (Phi) is 5.71. The molecule has 1 fully saturated rings. The van der Waals surface area contributed by atoms with Crippen molar-refractivity contribution < 1.29 is 24.5 Å². The summed E-state index contributed by atoms with van der Waals surface area (Å²) in [5.41, 5.74) is 2.80. The molecule has 0 saturated carbocycles. The predicted molar refractivity (Wildman–Crippen MR) is 120 cm³/mol. The summed E-state index contributed by atoms with van der Waals surface area (Å²) in [6.07, 6.45) is 3.33. The van der Waals surface area contributed by atoms with E-state index in [1.807, 2.05) is 10.6 Å². The monoisotopic (exact) mass is 440 g/mol. The third-order valence-corrected chi connectivity index (χ3v) is 6.73. The van der Waals surface area contributed by atoms with Gasteiger partial charge in [0.1, 0.15) is 11.3 Å². The topological polar surface area (TPSA) is 109 Å². The summed E-state index contributed by atoms with van der Waals surface area (Å²) < 4.78 is 7.59. The molecule has 3 heterocycles. The molecule has 2 aliphatic rings. The number of nitrogens with zero attached hydrogens (tertiary/aromatic N) is 2. The maximum atomic E-state index is 12.5. The number of hydrogen-bond donors (Lipinski definition) is 2. The molecule has 1 aromatic heterocycles. The Bertz CT molecular complexity index is 1130. The van der Waals surface area contributed by atoms with Gasteiger partial charge in [-0.3, -0.25) is 9.59 Å². The number of anilines is 1. The zero-order valence-electron chi connectivity index (χ0n) is 18.5. The average Bonchev–Trinajstić information content (AvgIpc) is 2.77. The molecule has 1 aromatic carbocycles. The lowest BCUT2D eigenvalue weighted by Gasteiger charge is -2.36. The first kappa shape index (κ1) is 21.9. The third kappa shape index (κ3) is 3.74. The first-order valence-corrected chi connectivity index (χ1v) is 10.9. The highest BCUT2D eigenvalue weighted by Gasteiger charge is 2.31. The minimum atomic E-state index is -1.23. The molecule has 2 N–H and O–H groups in total. The van der Waals surface area contributed by atoms with Gasteiger partial charge >= 0.3 is 11.9 Å². The van der Waals surface area contributed by atoms with E-state index in [0.717, 1.165) is 16.8 Å². The Balaban J connectivity index is 1.81. The fourth-order valence-electron chi connectivity index (χ4n) is 4.88. The van der Waals surface area contributed by atoms with Gasteiger partial charge < -0.3 is 24.4 Å². The van der Waals surface area contributed by atoms with Crippen LogP contribution in [0.4, 0.5) is 5.69 Å². The number of rotatable bonds is 5. The largest absolute Gasteiger partial charge is 0.495 e. The van der Waals surface area contributed by atoms with Crippen LogP contribution in [0, 0.1) is 11.8 Å². The normalized spacial score (nSPS) is 18.2. The number of aromatic nitrogens is 1. The number of carboxylic acid groups (broad SMARTS) is 2. The van der Waals surface area contributed by atoms with Crippen LogP contribution in [-0.4, -0.2) is 46.9 Å². The molecule has 4 rings (SSSR count). The Labute approximate surface area is 186 Å². The van der Waals surface area contributed by atoms with E-state index in [2.05, 4.69) is 24.8 Å². The van der Waals surface area contributed by atoms with E-state index < -0.39 is 17.4 Å². The molecular formula is C24H28N2O6. The van der Waals surface area contributed by atoms with Gasteiger partial charge in [-0.25, -0.2) is 4.79 Å². The summed E-state index contributed by atoms with van der Waals surface area (Å²) in [5, 5.41) is 18.7. The molecule has 8 heteroatoms. The summed E-state index contributed by atoms with van der Waals surface area (Å²) in [4.78, 5) is 37.5. The molecule has 1 unspecified atom stereocenters. The molecule has 0 aliphatic carbocycles. The van der Waals surface area contributed by atoms with Crippen LogP contribution in [0.3, 0.4) is 0 Å². The number of methoxy groups -OCH3 is 1. The Morgan fingerprint density at radius 1 is 1.12 bits per heavy atom. The van der Waals surface area contributed by atoms with E-state index in [0.29, 0.717) is 43.8 Å². The van der Waals surface area contributed by atoms with Crippen LogP contribution in [0.1, 0.15) is 48.7 Å². The van der Waals surface area contributed by atoms with Crippen molar-refractivity contribution in [2.24, 2.45) is 11.8 Å². The van der Waals surface area contributed by atoms with Crippen molar-refractivity contribution in [3.05, 3.63) is 45.7 Å². The number of hydrogen-bond acceptors (Lipinski definition) is 5. The van der Waals surface area contributed by atoms with Crippen molar-refractivity contribution in [3.63, 3.8) is 0 Å². The lowest BCUT2D eigenvalue weighted by molar-refractivity contribution is -0.142. The summed E-state index contributed by atoms with van der Waals surface area (Å²) in [5.74, 6) is -1.41.